The SMILES string of the molecule is CCOC(=O)CCCOc1ccc(CCN2CC=C(C(F)(F)F)CC2)cc1. The molecule has 2 rings (SSSR count). The summed E-state index contributed by atoms with van der Waals surface area (Å²) in [6.07, 6.45) is -1.13. The molecule has 0 atom stereocenters. The maximum Gasteiger partial charge on any atom is 0.412 e. The van der Waals surface area contributed by atoms with Gasteiger partial charge < -0.3 is 9.47 Å². The van der Waals surface area contributed by atoms with Crippen molar-refractivity contribution in [1.29, 1.82) is 0 Å². The number of carbonyl (C=O) groups excluding carboxylic acids is 1. The van der Waals surface area contributed by atoms with Gasteiger partial charge in [0.2, 0.25) is 0 Å². The molecule has 27 heavy (non-hydrogen) atoms. The molecular weight excluding hydrogens is 359 g/mol. The van der Waals surface area contributed by atoms with Crippen LogP contribution < -0.4 is 4.74 Å². The van der Waals surface area contributed by atoms with Gasteiger partial charge in [-0.1, -0.05) is 18.2 Å². The van der Waals surface area contributed by atoms with Gasteiger partial charge in [-0.3, -0.25) is 9.69 Å². The van der Waals surface area contributed by atoms with E-state index in [-0.39, 0.29) is 12.4 Å². The number of nitrogens with zero attached hydrogens (tertiary/aromatic N) is 1. The second-order valence-corrected chi connectivity index (χ2v) is 6.43. The molecule has 1 aliphatic rings. The molecule has 0 radical (unpaired) electrons. The minimum absolute atomic E-state index is 0.0576. The van der Waals surface area contributed by atoms with E-state index in [9.17, 15) is 18.0 Å². The standard InChI is InChI=1S/C20H26F3NO3/c1-2-26-19(25)4-3-15-27-18-7-5-16(6-8-18)9-12-24-13-10-17(11-14-24)20(21,22)23/h5-8,10H,2-4,9,11-15H2,1H3. The number of benzene rings is 1. The van der Waals surface area contributed by atoms with E-state index in [1.165, 1.54) is 6.08 Å². The molecule has 0 aliphatic carbocycles. The van der Waals surface area contributed by atoms with Crippen LogP contribution in [0.25, 0.3) is 0 Å². The molecule has 0 N–H and O–H groups in total. The fourth-order valence-electron chi connectivity index (χ4n) is 2.85. The zero-order chi connectivity index (χ0) is 19.7. The number of hydrogen-bond acceptors (Lipinski definition) is 4. The van der Waals surface area contributed by atoms with E-state index in [1.807, 2.05) is 29.2 Å². The highest BCUT2D eigenvalue weighted by molar-refractivity contribution is 5.69. The summed E-state index contributed by atoms with van der Waals surface area (Å²) in [5.41, 5.74) is 0.697. The maximum atomic E-state index is 12.6. The number of carbonyl (C=O) groups is 1. The minimum Gasteiger partial charge on any atom is -0.494 e. The lowest BCUT2D eigenvalue weighted by Gasteiger charge is -2.27. The van der Waals surface area contributed by atoms with Crippen molar-refractivity contribution in [2.45, 2.75) is 38.8 Å². The summed E-state index contributed by atoms with van der Waals surface area (Å²) < 4.78 is 48.3. The largest absolute Gasteiger partial charge is 0.494 e. The molecule has 7 heteroatoms. The van der Waals surface area contributed by atoms with Gasteiger partial charge in [0.05, 0.1) is 13.2 Å². The van der Waals surface area contributed by atoms with Gasteiger partial charge in [0, 0.05) is 31.6 Å². The lowest BCUT2D eigenvalue weighted by Crippen LogP contribution is -2.33. The molecule has 0 unspecified atom stereocenters. The quantitative estimate of drug-likeness (QED) is 0.364. The average Bonchev–Trinajstić information content (AvgIpc) is 2.64. The number of esters is 1. The third-order valence-corrected chi connectivity index (χ3v) is 4.40. The molecule has 1 aliphatic heterocycles. The Kier molecular flexibility index (Phi) is 8.16. The molecule has 150 valence electrons. The molecule has 0 saturated heterocycles. The molecule has 0 saturated carbocycles. The number of halogens is 3. The first-order valence-corrected chi connectivity index (χ1v) is 9.24. The molecule has 0 aromatic heterocycles. The molecule has 0 spiro atoms. The lowest BCUT2D eigenvalue weighted by molar-refractivity contribution is -0.143. The second kappa shape index (κ2) is 10.3. The van der Waals surface area contributed by atoms with Gasteiger partial charge in [0.25, 0.3) is 0 Å². The first-order chi connectivity index (χ1) is 12.9. The smallest absolute Gasteiger partial charge is 0.412 e. The summed E-state index contributed by atoms with van der Waals surface area (Å²) in [4.78, 5) is 13.3. The summed E-state index contributed by atoms with van der Waals surface area (Å²) in [5, 5.41) is 0. The van der Waals surface area contributed by atoms with Crippen molar-refractivity contribution in [3.8, 4) is 5.75 Å². The molecule has 0 amide bonds. The van der Waals surface area contributed by atoms with Crippen molar-refractivity contribution < 1.29 is 27.4 Å². The third kappa shape index (κ3) is 7.62. The summed E-state index contributed by atoms with van der Waals surface area (Å²) in [6, 6.07) is 7.67. The lowest BCUT2D eigenvalue weighted by atomic mass is 10.1. The second-order valence-electron chi connectivity index (χ2n) is 6.43. The molecule has 1 aromatic rings. The van der Waals surface area contributed by atoms with Crippen LogP contribution >= 0.6 is 0 Å². The first-order valence-electron chi connectivity index (χ1n) is 9.24. The zero-order valence-corrected chi connectivity index (χ0v) is 15.6. The van der Waals surface area contributed by atoms with Gasteiger partial charge in [-0.2, -0.15) is 13.2 Å². The van der Waals surface area contributed by atoms with Crippen LogP contribution in [0.15, 0.2) is 35.9 Å². The Bertz CT molecular complexity index is 626. The predicted molar refractivity (Wildman–Crippen MR) is 96.7 cm³/mol. The van der Waals surface area contributed by atoms with Crippen molar-refractivity contribution in [1.82, 2.24) is 4.90 Å². The van der Waals surface area contributed by atoms with E-state index in [4.69, 9.17) is 9.47 Å². The van der Waals surface area contributed by atoms with Crippen LogP contribution in [0.5, 0.6) is 5.75 Å². The first kappa shape index (κ1) is 21.3. The van der Waals surface area contributed by atoms with Crippen LogP contribution in [0.1, 0.15) is 31.7 Å². The summed E-state index contributed by atoms with van der Waals surface area (Å²) >= 11 is 0. The van der Waals surface area contributed by atoms with E-state index < -0.39 is 11.7 Å². The van der Waals surface area contributed by atoms with E-state index in [1.54, 1.807) is 6.92 Å². The monoisotopic (exact) mass is 385 g/mol. The van der Waals surface area contributed by atoms with Gasteiger partial charge in [0.1, 0.15) is 5.75 Å². The Morgan fingerprint density at radius 3 is 2.56 bits per heavy atom. The molecule has 1 aromatic carbocycles. The Hall–Kier alpha value is -2.02. The third-order valence-electron chi connectivity index (χ3n) is 4.40. The van der Waals surface area contributed by atoms with Crippen molar-refractivity contribution >= 4 is 5.97 Å². The maximum absolute atomic E-state index is 12.6. The number of hydrogen-bond donors (Lipinski definition) is 0. The molecule has 0 fully saturated rings. The summed E-state index contributed by atoms with van der Waals surface area (Å²) in [5.74, 6) is 0.518. The van der Waals surface area contributed by atoms with Crippen LogP contribution in [0.4, 0.5) is 13.2 Å². The van der Waals surface area contributed by atoms with E-state index in [0.717, 1.165) is 24.3 Å². The van der Waals surface area contributed by atoms with Crippen LogP contribution in [-0.4, -0.2) is 49.9 Å². The van der Waals surface area contributed by atoms with Gasteiger partial charge in [-0.25, -0.2) is 0 Å². The molecule has 0 bridgehead atoms. The Labute approximate surface area is 157 Å². The minimum atomic E-state index is -4.20. The number of ether oxygens (including phenoxy) is 2. The van der Waals surface area contributed by atoms with Crippen molar-refractivity contribution in [3.05, 3.63) is 41.5 Å². The number of rotatable bonds is 9. The summed E-state index contributed by atoms with van der Waals surface area (Å²) in [6.45, 7) is 4.11. The van der Waals surface area contributed by atoms with Gasteiger partial charge in [0.15, 0.2) is 0 Å². The van der Waals surface area contributed by atoms with Crippen molar-refractivity contribution in [3.63, 3.8) is 0 Å². The van der Waals surface area contributed by atoms with Gasteiger partial charge >= 0.3 is 12.1 Å². The summed E-state index contributed by atoms with van der Waals surface area (Å²) in [7, 11) is 0. The Balaban J connectivity index is 1.67. The van der Waals surface area contributed by atoms with Crippen LogP contribution in [0.3, 0.4) is 0 Å². The molecular formula is C20H26F3NO3. The van der Waals surface area contributed by atoms with Crippen LogP contribution in [0.2, 0.25) is 0 Å². The fourth-order valence-corrected chi connectivity index (χ4v) is 2.85. The van der Waals surface area contributed by atoms with Gasteiger partial charge in [-0.15, -0.1) is 0 Å². The average molecular weight is 385 g/mol. The van der Waals surface area contributed by atoms with E-state index in [2.05, 4.69) is 0 Å². The van der Waals surface area contributed by atoms with Gasteiger partial charge in [-0.05, 0) is 43.9 Å². The Morgan fingerprint density at radius 1 is 1.22 bits per heavy atom. The van der Waals surface area contributed by atoms with Crippen LogP contribution in [0, 0.1) is 0 Å². The topological polar surface area (TPSA) is 38.8 Å². The highest BCUT2D eigenvalue weighted by Crippen LogP contribution is 2.30. The number of alkyl halides is 3. The van der Waals surface area contributed by atoms with E-state index in [0.29, 0.717) is 39.1 Å². The van der Waals surface area contributed by atoms with Crippen LogP contribution in [-0.2, 0) is 16.0 Å². The molecule has 4 nitrogen and oxygen atoms in total. The highest BCUT2D eigenvalue weighted by atomic mass is 19.4. The molecule has 1 heterocycles. The normalized spacial score (nSPS) is 15.3. The Morgan fingerprint density at radius 2 is 1.96 bits per heavy atom. The zero-order valence-electron chi connectivity index (χ0n) is 15.6. The fraction of sp³-hybridized carbons (Fsp3) is 0.550. The van der Waals surface area contributed by atoms with E-state index >= 15 is 0 Å². The van der Waals surface area contributed by atoms with Crippen molar-refractivity contribution in [2.75, 3.05) is 32.8 Å². The highest BCUT2D eigenvalue weighted by Gasteiger charge is 2.34. The predicted octanol–water partition coefficient (Wildman–Crippen LogP) is 4.15. The van der Waals surface area contributed by atoms with Crippen molar-refractivity contribution in [2.24, 2.45) is 0 Å².